The molecule has 2 N–H and O–H groups in total. The van der Waals surface area contributed by atoms with Crippen molar-refractivity contribution in [3.8, 4) is 0 Å². The number of aliphatic hydroxyl groups excluding tert-OH is 1. The number of hydrogen-bond acceptors (Lipinski definition) is 2. The van der Waals surface area contributed by atoms with Crippen LogP contribution in [0.3, 0.4) is 0 Å². The average molecular weight is 273 g/mol. The number of piperidine rings is 1. The lowest BCUT2D eigenvalue weighted by Gasteiger charge is -2.36. The molecule has 0 radical (unpaired) electrons. The minimum absolute atomic E-state index is 0.00372. The van der Waals surface area contributed by atoms with Gasteiger partial charge in [-0.1, -0.05) is 18.2 Å². The summed E-state index contributed by atoms with van der Waals surface area (Å²) in [6.07, 6.45) is -2.06. The molecule has 1 aliphatic rings. The van der Waals surface area contributed by atoms with Crippen molar-refractivity contribution in [1.82, 2.24) is 5.32 Å². The molecule has 19 heavy (non-hydrogen) atoms. The number of hydrogen-bond donors (Lipinski definition) is 2. The summed E-state index contributed by atoms with van der Waals surface area (Å²) in [5.74, 6) is 0. The number of rotatable bonds is 3. The molecule has 1 aromatic carbocycles. The van der Waals surface area contributed by atoms with Crippen LogP contribution in [0.25, 0.3) is 0 Å². The SMILES string of the molecule is OCC1(Cc2cccc(C(F)(F)F)c2)CCCNC1. The predicted molar refractivity (Wildman–Crippen MR) is 66.8 cm³/mol. The van der Waals surface area contributed by atoms with Crippen molar-refractivity contribution in [2.45, 2.75) is 25.4 Å². The van der Waals surface area contributed by atoms with Crippen LogP contribution < -0.4 is 5.32 Å². The van der Waals surface area contributed by atoms with E-state index in [1.807, 2.05) is 0 Å². The van der Waals surface area contributed by atoms with Crippen LogP contribution in [0.1, 0.15) is 24.0 Å². The van der Waals surface area contributed by atoms with Crippen molar-refractivity contribution < 1.29 is 18.3 Å². The van der Waals surface area contributed by atoms with E-state index in [2.05, 4.69) is 5.32 Å². The summed E-state index contributed by atoms with van der Waals surface area (Å²) in [6.45, 7) is 1.56. The van der Waals surface area contributed by atoms with E-state index in [1.54, 1.807) is 6.07 Å². The lowest BCUT2D eigenvalue weighted by Crippen LogP contribution is -2.44. The number of aliphatic hydroxyl groups is 1. The summed E-state index contributed by atoms with van der Waals surface area (Å²) in [4.78, 5) is 0. The Hall–Kier alpha value is -1.07. The van der Waals surface area contributed by atoms with Crippen molar-refractivity contribution >= 4 is 0 Å². The second-order valence-electron chi connectivity index (χ2n) is 5.31. The predicted octanol–water partition coefficient (Wildman–Crippen LogP) is 2.61. The summed E-state index contributed by atoms with van der Waals surface area (Å²) < 4.78 is 38.0. The highest BCUT2D eigenvalue weighted by Crippen LogP contribution is 2.33. The highest BCUT2D eigenvalue weighted by Gasteiger charge is 2.33. The lowest BCUT2D eigenvalue weighted by atomic mass is 9.76. The third kappa shape index (κ3) is 3.48. The van der Waals surface area contributed by atoms with Gasteiger partial charge >= 0.3 is 6.18 Å². The molecule has 106 valence electrons. The maximum absolute atomic E-state index is 12.7. The standard InChI is InChI=1S/C14H18F3NO/c15-14(16,17)12-4-1-3-11(7-12)8-13(10-19)5-2-6-18-9-13/h1,3-4,7,18-19H,2,5-6,8-10H2. The van der Waals surface area contributed by atoms with Gasteiger partial charge in [0.25, 0.3) is 0 Å². The van der Waals surface area contributed by atoms with Crippen LogP contribution >= 0.6 is 0 Å². The number of alkyl halides is 3. The average Bonchev–Trinajstić information content (AvgIpc) is 2.39. The number of halogens is 3. The highest BCUT2D eigenvalue weighted by molar-refractivity contribution is 5.26. The molecule has 1 unspecified atom stereocenters. The Morgan fingerprint density at radius 3 is 2.68 bits per heavy atom. The Balaban J connectivity index is 2.18. The number of nitrogens with one attached hydrogen (secondary N) is 1. The molecular weight excluding hydrogens is 255 g/mol. The normalized spacial score (nSPS) is 24.4. The van der Waals surface area contributed by atoms with Gasteiger partial charge in [0, 0.05) is 12.0 Å². The third-order valence-corrected chi connectivity index (χ3v) is 3.73. The fourth-order valence-electron chi connectivity index (χ4n) is 2.66. The number of benzene rings is 1. The maximum atomic E-state index is 12.7. The van der Waals surface area contributed by atoms with E-state index in [0.717, 1.165) is 25.5 Å². The largest absolute Gasteiger partial charge is 0.416 e. The van der Waals surface area contributed by atoms with E-state index in [1.165, 1.54) is 12.1 Å². The topological polar surface area (TPSA) is 32.3 Å². The molecule has 1 heterocycles. The molecule has 2 rings (SSSR count). The second-order valence-corrected chi connectivity index (χ2v) is 5.31. The van der Waals surface area contributed by atoms with E-state index in [4.69, 9.17) is 0 Å². The Morgan fingerprint density at radius 1 is 1.32 bits per heavy atom. The van der Waals surface area contributed by atoms with Crippen LogP contribution in [0, 0.1) is 5.41 Å². The first-order chi connectivity index (χ1) is 8.95. The van der Waals surface area contributed by atoms with Crippen LogP contribution in [0.2, 0.25) is 0 Å². The van der Waals surface area contributed by atoms with E-state index < -0.39 is 11.7 Å². The molecule has 0 amide bonds. The van der Waals surface area contributed by atoms with E-state index in [0.29, 0.717) is 18.5 Å². The molecule has 0 saturated carbocycles. The fourth-order valence-corrected chi connectivity index (χ4v) is 2.66. The molecule has 1 aliphatic heterocycles. The first-order valence-corrected chi connectivity index (χ1v) is 6.43. The van der Waals surface area contributed by atoms with Crippen molar-refractivity contribution in [2.75, 3.05) is 19.7 Å². The fraction of sp³-hybridized carbons (Fsp3) is 0.571. The first-order valence-electron chi connectivity index (χ1n) is 6.43. The van der Waals surface area contributed by atoms with Gasteiger partial charge in [-0.3, -0.25) is 0 Å². The molecule has 0 aliphatic carbocycles. The van der Waals surface area contributed by atoms with Gasteiger partial charge in [-0.15, -0.1) is 0 Å². The van der Waals surface area contributed by atoms with Gasteiger partial charge in [0.2, 0.25) is 0 Å². The molecule has 0 spiro atoms. The molecule has 0 aromatic heterocycles. The summed E-state index contributed by atoms with van der Waals surface area (Å²) in [6, 6.07) is 5.39. The Labute approximate surface area is 110 Å². The molecule has 2 nitrogen and oxygen atoms in total. The van der Waals surface area contributed by atoms with Crippen LogP contribution in [0.4, 0.5) is 13.2 Å². The van der Waals surface area contributed by atoms with Crippen LogP contribution in [0.5, 0.6) is 0 Å². The monoisotopic (exact) mass is 273 g/mol. The van der Waals surface area contributed by atoms with Gasteiger partial charge in [0.1, 0.15) is 0 Å². The first kappa shape index (κ1) is 14.3. The zero-order valence-electron chi connectivity index (χ0n) is 10.6. The molecule has 1 fully saturated rings. The Kier molecular flexibility index (Phi) is 4.16. The van der Waals surface area contributed by atoms with E-state index >= 15 is 0 Å². The maximum Gasteiger partial charge on any atom is 0.416 e. The zero-order valence-corrected chi connectivity index (χ0v) is 10.6. The van der Waals surface area contributed by atoms with Gasteiger partial charge < -0.3 is 10.4 Å². The zero-order chi connectivity index (χ0) is 13.9. The molecular formula is C14H18F3NO. The minimum Gasteiger partial charge on any atom is -0.396 e. The van der Waals surface area contributed by atoms with Crippen LogP contribution in [0.15, 0.2) is 24.3 Å². The summed E-state index contributed by atoms with van der Waals surface area (Å²) in [5.41, 5.74) is -0.322. The van der Waals surface area contributed by atoms with Crippen molar-refractivity contribution in [3.63, 3.8) is 0 Å². The van der Waals surface area contributed by atoms with E-state index in [9.17, 15) is 18.3 Å². The molecule has 1 saturated heterocycles. The Morgan fingerprint density at radius 2 is 2.11 bits per heavy atom. The third-order valence-electron chi connectivity index (χ3n) is 3.73. The molecule has 5 heteroatoms. The lowest BCUT2D eigenvalue weighted by molar-refractivity contribution is -0.137. The minimum atomic E-state index is -4.31. The Bertz CT molecular complexity index is 425. The quantitative estimate of drug-likeness (QED) is 0.887. The van der Waals surface area contributed by atoms with Crippen molar-refractivity contribution in [2.24, 2.45) is 5.41 Å². The van der Waals surface area contributed by atoms with Gasteiger partial charge in [0.05, 0.1) is 12.2 Å². The van der Waals surface area contributed by atoms with Crippen LogP contribution in [-0.4, -0.2) is 24.8 Å². The second kappa shape index (κ2) is 5.51. The van der Waals surface area contributed by atoms with E-state index in [-0.39, 0.29) is 12.0 Å². The van der Waals surface area contributed by atoms with Gasteiger partial charge in [-0.2, -0.15) is 13.2 Å². The summed E-state index contributed by atoms with van der Waals surface area (Å²) in [5, 5.41) is 12.8. The van der Waals surface area contributed by atoms with Gasteiger partial charge in [-0.05, 0) is 37.4 Å². The summed E-state index contributed by atoms with van der Waals surface area (Å²) in [7, 11) is 0. The highest BCUT2D eigenvalue weighted by atomic mass is 19.4. The van der Waals surface area contributed by atoms with Gasteiger partial charge in [0.15, 0.2) is 0 Å². The van der Waals surface area contributed by atoms with Gasteiger partial charge in [-0.25, -0.2) is 0 Å². The molecule has 1 atom stereocenters. The van der Waals surface area contributed by atoms with Crippen molar-refractivity contribution in [3.05, 3.63) is 35.4 Å². The van der Waals surface area contributed by atoms with Crippen LogP contribution in [-0.2, 0) is 12.6 Å². The molecule has 0 bridgehead atoms. The smallest absolute Gasteiger partial charge is 0.396 e. The molecule has 1 aromatic rings. The summed E-state index contributed by atoms with van der Waals surface area (Å²) >= 11 is 0. The van der Waals surface area contributed by atoms with Crippen molar-refractivity contribution in [1.29, 1.82) is 0 Å².